The number of likely N-dealkylation sites (N-methyl/N-ethyl adjacent to an activating group) is 1. The molecule has 1 saturated heterocycles. The van der Waals surface area contributed by atoms with E-state index in [1.54, 1.807) is 0 Å². The van der Waals surface area contributed by atoms with Crippen LogP contribution in [0.3, 0.4) is 0 Å². The van der Waals surface area contributed by atoms with E-state index in [1.165, 1.54) is 0 Å². The Labute approximate surface area is 122 Å². The van der Waals surface area contributed by atoms with E-state index in [4.69, 9.17) is 0 Å². The van der Waals surface area contributed by atoms with Crippen LogP contribution in [0.25, 0.3) is 0 Å². The predicted octanol–water partition coefficient (Wildman–Crippen LogP) is 2.37. The van der Waals surface area contributed by atoms with E-state index >= 15 is 0 Å². The van der Waals surface area contributed by atoms with Crippen molar-refractivity contribution in [2.45, 2.75) is 26.8 Å². The highest BCUT2D eigenvalue weighted by molar-refractivity contribution is 5.99. The monoisotopic (exact) mass is 274 g/mol. The number of likely N-dealkylation sites (tertiary alicyclic amines) is 1. The lowest BCUT2D eigenvalue weighted by Crippen LogP contribution is -2.35. The normalized spacial score (nSPS) is 23.5. The molecule has 110 valence electrons. The van der Waals surface area contributed by atoms with E-state index in [-0.39, 0.29) is 5.78 Å². The van der Waals surface area contributed by atoms with E-state index in [0.717, 1.165) is 29.8 Å². The Hall–Kier alpha value is -1.19. The van der Waals surface area contributed by atoms with Crippen LogP contribution >= 0.6 is 0 Å². The molecule has 2 rings (SSSR count). The largest absolute Gasteiger partial charge is 0.305 e. The van der Waals surface area contributed by atoms with Gasteiger partial charge in [0.15, 0.2) is 5.78 Å². The van der Waals surface area contributed by atoms with E-state index in [2.05, 4.69) is 36.9 Å². The van der Waals surface area contributed by atoms with Gasteiger partial charge in [0.05, 0.1) is 6.54 Å². The average molecular weight is 274 g/mol. The van der Waals surface area contributed by atoms with Crippen LogP contribution in [-0.2, 0) is 0 Å². The molecule has 0 amide bonds. The molecular formula is C17H26N2O. The Morgan fingerprint density at radius 1 is 1.30 bits per heavy atom. The fourth-order valence-electron chi connectivity index (χ4n) is 3.17. The summed E-state index contributed by atoms with van der Waals surface area (Å²) < 4.78 is 0. The third kappa shape index (κ3) is 3.28. The molecule has 0 N–H and O–H groups in total. The number of carbonyl (C=O) groups is 1. The molecule has 0 saturated carbocycles. The number of hydrogen-bond donors (Lipinski definition) is 0. The smallest absolute Gasteiger partial charge is 0.177 e. The Kier molecular flexibility index (Phi) is 4.61. The summed E-state index contributed by atoms with van der Waals surface area (Å²) in [6.07, 6.45) is 0. The van der Waals surface area contributed by atoms with Crippen molar-refractivity contribution >= 4 is 5.78 Å². The van der Waals surface area contributed by atoms with Crippen LogP contribution in [-0.4, -0.2) is 55.4 Å². The van der Waals surface area contributed by atoms with Crippen molar-refractivity contribution in [2.75, 3.05) is 33.7 Å². The van der Waals surface area contributed by atoms with Crippen LogP contribution in [0, 0.1) is 19.8 Å². The maximum absolute atomic E-state index is 12.5. The number of Topliss-reactive ketones (excluding diaryl/α,β-unsaturated/α-hetero) is 1. The molecule has 2 unspecified atom stereocenters. The van der Waals surface area contributed by atoms with Gasteiger partial charge in [0.25, 0.3) is 0 Å². The van der Waals surface area contributed by atoms with Crippen molar-refractivity contribution < 1.29 is 4.79 Å². The number of ketones is 1. The fourth-order valence-corrected chi connectivity index (χ4v) is 3.17. The highest BCUT2D eigenvalue weighted by Crippen LogP contribution is 2.21. The van der Waals surface area contributed by atoms with Gasteiger partial charge in [-0.1, -0.05) is 24.6 Å². The third-order valence-electron chi connectivity index (χ3n) is 4.37. The molecule has 0 aromatic heterocycles. The van der Waals surface area contributed by atoms with Crippen LogP contribution < -0.4 is 0 Å². The number of carbonyl (C=O) groups excluding carboxylic acids is 1. The van der Waals surface area contributed by atoms with Gasteiger partial charge in [-0.15, -0.1) is 0 Å². The molecule has 3 nitrogen and oxygen atoms in total. The minimum Gasteiger partial charge on any atom is -0.305 e. The number of hydrogen-bond acceptors (Lipinski definition) is 3. The minimum atomic E-state index is 0.248. The van der Waals surface area contributed by atoms with Gasteiger partial charge < -0.3 is 4.90 Å². The second-order valence-corrected chi connectivity index (χ2v) is 6.44. The SMILES string of the molecule is Cc1ccc(C)c(C(=O)CN2CC(C)C(N(C)C)C2)c1. The highest BCUT2D eigenvalue weighted by atomic mass is 16.1. The van der Waals surface area contributed by atoms with Gasteiger partial charge in [-0.3, -0.25) is 9.69 Å². The molecular weight excluding hydrogens is 248 g/mol. The zero-order valence-corrected chi connectivity index (χ0v) is 13.3. The van der Waals surface area contributed by atoms with Crippen molar-refractivity contribution in [3.8, 4) is 0 Å². The first-order valence-corrected chi connectivity index (χ1v) is 7.37. The first kappa shape index (κ1) is 15.2. The van der Waals surface area contributed by atoms with Crippen molar-refractivity contribution in [3.05, 3.63) is 34.9 Å². The summed E-state index contributed by atoms with van der Waals surface area (Å²) >= 11 is 0. The molecule has 2 atom stereocenters. The van der Waals surface area contributed by atoms with Gasteiger partial charge >= 0.3 is 0 Å². The zero-order valence-electron chi connectivity index (χ0n) is 13.3. The molecule has 0 radical (unpaired) electrons. The molecule has 0 aliphatic carbocycles. The lowest BCUT2D eigenvalue weighted by Gasteiger charge is -2.22. The van der Waals surface area contributed by atoms with Gasteiger partial charge in [0.2, 0.25) is 0 Å². The molecule has 1 aliphatic rings. The highest BCUT2D eigenvalue weighted by Gasteiger charge is 2.31. The van der Waals surface area contributed by atoms with Crippen LogP contribution in [0.4, 0.5) is 0 Å². The molecule has 20 heavy (non-hydrogen) atoms. The summed E-state index contributed by atoms with van der Waals surface area (Å²) in [5, 5.41) is 0. The fraction of sp³-hybridized carbons (Fsp3) is 0.588. The summed E-state index contributed by atoms with van der Waals surface area (Å²) in [4.78, 5) is 17.1. The lowest BCUT2D eigenvalue weighted by atomic mass is 10.0. The Balaban J connectivity index is 2.04. The topological polar surface area (TPSA) is 23.6 Å². The Morgan fingerprint density at radius 2 is 2.00 bits per heavy atom. The second-order valence-electron chi connectivity index (χ2n) is 6.44. The first-order chi connectivity index (χ1) is 9.38. The molecule has 3 heteroatoms. The number of rotatable bonds is 4. The van der Waals surface area contributed by atoms with Crippen LogP contribution in [0.15, 0.2) is 18.2 Å². The van der Waals surface area contributed by atoms with Gasteiger partial charge in [0.1, 0.15) is 0 Å². The third-order valence-corrected chi connectivity index (χ3v) is 4.37. The Morgan fingerprint density at radius 3 is 2.60 bits per heavy atom. The molecule has 1 aromatic rings. The van der Waals surface area contributed by atoms with E-state index in [0.29, 0.717) is 18.5 Å². The summed E-state index contributed by atoms with van der Waals surface area (Å²) in [5.41, 5.74) is 3.11. The molecule has 1 aromatic carbocycles. The lowest BCUT2D eigenvalue weighted by molar-refractivity contribution is 0.0940. The molecule has 1 fully saturated rings. The molecule has 1 aliphatic heterocycles. The van der Waals surface area contributed by atoms with Crippen LogP contribution in [0.5, 0.6) is 0 Å². The van der Waals surface area contributed by atoms with Gasteiger partial charge in [-0.2, -0.15) is 0 Å². The van der Waals surface area contributed by atoms with Crippen LogP contribution in [0.2, 0.25) is 0 Å². The molecule has 0 spiro atoms. The summed E-state index contributed by atoms with van der Waals surface area (Å²) in [6.45, 7) is 8.87. The van der Waals surface area contributed by atoms with Gasteiger partial charge in [-0.05, 0) is 45.5 Å². The van der Waals surface area contributed by atoms with Crippen molar-refractivity contribution in [1.82, 2.24) is 9.80 Å². The van der Waals surface area contributed by atoms with Crippen molar-refractivity contribution in [1.29, 1.82) is 0 Å². The number of nitrogens with zero attached hydrogens (tertiary/aromatic N) is 2. The second kappa shape index (κ2) is 6.06. The number of benzene rings is 1. The van der Waals surface area contributed by atoms with E-state index < -0.39 is 0 Å². The van der Waals surface area contributed by atoms with Crippen LogP contribution in [0.1, 0.15) is 28.4 Å². The zero-order chi connectivity index (χ0) is 14.9. The predicted molar refractivity (Wildman–Crippen MR) is 83.3 cm³/mol. The van der Waals surface area contributed by atoms with Crippen molar-refractivity contribution in [3.63, 3.8) is 0 Å². The van der Waals surface area contributed by atoms with Gasteiger partial charge in [0, 0.05) is 24.7 Å². The maximum atomic E-state index is 12.5. The summed E-state index contributed by atoms with van der Waals surface area (Å²) in [5.74, 6) is 0.870. The van der Waals surface area contributed by atoms with E-state index in [1.807, 2.05) is 26.0 Å². The minimum absolute atomic E-state index is 0.248. The summed E-state index contributed by atoms with van der Waals surface area (Å²) in [7, 11) is 4.24. The van der Waals surface area contributed by atoms with Gasteiger partial charge in [-0.25, -0.2) is 0 Å². The molecule has 1 heterocycles. The molecule has 0 bridgehead atoms. The standard InChI is InChI=1S/C17H26N2O/c1-12-6-7-13(2)15(8-12)17(20)11-19-9-14(3)16(10-19)18(4)5/h6-8,14,16H,9-11H2,1-5H3. The Bertz CT molecular complexity index is 496. The maximum Gasteiger partial charge on any atom is 0.177 e. The number of aryl methyl sites for hydroxylation is 2. The quantitative estimate of drug-likeness (QED) is 0.788. The average Bonchev–Trinajstić information content (AvgIpc) is 2.73. The van der Waals surface area contributed by atoms with Crippen molar-refractivity contribution in [2.24, 2.45) is 5.92 Å². The van der Waals surface area contributed by atoms with E-state index in [9.17, 15) is 4.79 Å². The first-order valence-electron chi connectivity index (χ1n) is 7.37. The summed E-state index contributed by atoms with van der Waals surface area (Å²) in [6, 6.07) is 6.67.